The molecule has 2 aliphatic rings. The minimum absolute atomic E-state index is 0. The first kappa shape index (κ1) is 23.5. The number of carbonyl (C=O) groups is 2. The summed E-state index contributed by atoms with van der Waals surface area (Å²) in [7, 11) is 5.44. The summed E-state index contributed by atoms with van der Waals surface area (Å²) < 4.78 is 5.25. The van der Waals surface area contributed by atoms with E-state index in [1.165, 1.54) is 6.42 Å². The Morgan fingerprint density at radius 2 is 1.83 bits per heavy atom. The van der Waals surface area contributed by atoms with Crippen LogP contribution in [0.5, 0.6) is 5.75 Å². The Kier molecular flexibility index (Phi) is 8.78. The summed E-state index contributed by atoms with van der Waals surface area (Å²) in [5, 5.41) is 3.21. The van der Waals surface area contributed by atoms with Crippen LogP contribution < -0.4 is 10.1 Å². The lowest BCUT2D eigenvalue weighted by molar-refractivity contribution is -0.147. The molecule has 2 atom stereocenters. The molecule has 0 saturated carbocycles. The Labute approximate surface area is 180 Å². The van der Waals surface area contributed by atoms with Gasteiger partial charge in [-0.25, -0.2) is 0 Å². The number of ether oxygens (including phenoxy) is 1. The molecule has 162 valence electrons. The quantitative estimate of drug-likeness (QED) is 0.764. The van der Waals surface area contributed by atoms with Crippen LogP contribution in [0.4, 0.5) is 0 Å². The van der Waals surface area contributed by atoms with Crippen molar-refractivity contribution < 1.29 is 14.3 Å². The molecule has 6 nitrogen and oxygen atoms in total. The predicted octanol–water partition coefficient (Wildman–Crippen LogP) is 2.87. The van der Waals surface area contributed by atoms with Gasteiger partial charge in [-0.05, 0) is 62.9 Å². The zero-order chi connectivity index (χ0) is 20.1. The van der Waals surface area contributed by atoms with Crippen molar-refractivity contribution in [2.45, 2.75) is 38.1 Å². The van der Waals surface area contributed by atoms with Gasteiger partial charge in [-0.1, -0.05) is 12.1 Å². The fourth-order valence-corrected chi connectivity index (χ4v) is 4.58. The van der Waals surface area contributed by atoms with E-state index in [1.807, 2.05) is 43.3 Å². The van der Waals surface area contributed by atoms with Crippen molar-refractivity contribution in [2.24, 2.45) is 11.8 Å². The standard InChI is InChI=1S/C22H33N3O3.ClH/c1-23-13-10-16-11-14-25(15-12-16)22(27)19-8-9-20(26)24(2)21(19)17-4-6-18(28-3)7-5-17;/h4-7,16,19,21,23H,8-15H2,1-3H3;1H. The Bertz CT molecular complexity index is 674. The normalized spacial score (nSPS) is 22.9. The molecule has 2 saturated heterocycles. The third-order valence-electron chi connectivity index (χ3n) is 6.36. The highest BCUT2D eigenvalue weighted by Crippen LogP contribution is 2.38. The maximum absolute atomic E-state index is 13.4. The first-order valence-corrected chi connectivity index (χ1v) is 10.4. The highest BCUT2D eigenvalue weighted by Gasteiger charge is 2.41. The van der Waals surface area contributed by atoms with Crippen molar-refractivity contribution >= 4 is 24.2 Å². The number of carbonyl (C=O) groups excluding carboxylic acids is 2. The van der Waals surface area contributed by atoms with Crippen LogP contribution in [-0.4, -0.2) is 62.5 Å². The summed E-state index contributed by atoms with van der Waals surface area (Å²) in [6.45, 7) is 2.70. The summed E-state index contributed by atoms with van der Waals surface area (Å²) in [5.74, 6) is 1.61. The number of methoxy groups -OCH3 is 1. The third kappa shape index (κ3) is 5.43. The first-order valence-electron chi connectivity index (χ1n) is 10.4. The minimum atomic E-state index is -0.207. The van der Waals surface area contributed by atoms with E-state index in [-0.39, 0.29) is 36.2 Å². The van der Waals surface area contributed by atoms with Gasteiger partial charge in [0.05, 0.1) is 19.1 Å². The second kappa shape index (κ2) is 10.8. The van der Waals surface area contributed by atoms with Crippen molar-refractivity contribution in [3.8, 4) is 5.75 Å². The fraction of sp³-hybridized carbons (Fsp3) is 0.636. The van der Waals surface area contributed by atoms with Crippen LogP contribution in [0.15, 0.2) is 24.3 Å². The molecule has 1 N–H and O–H groups in total. The summed E-state index contributed by atoms with van der Waals surface area (Å²) >= 11 is 0. The molecule has 0 spiro atoms. The second-order valence-corrected chi connectivity index (χ2v) is 8.03. The van der Waals surface area contributed by atoms with Crippen LogP contribution in [0.25, 0.3) is 0 Å². The molecule has 0 radical (unpaired) electrons. The van der Waals surface area contributed by atoms with Crippen molar-refractivity contribution in [1.29, 1.82) is 0 Å². The molecule has 2 aliphatic heterocycles. The number of nitrogens with one attached hydrogen (secondary N) is 1. The Hall–Kier alpha value is -1.79. The molecule has 2 amide bonds. The number of nitrogens with zero attached hydrogens (tertiary/aromatic N) is 2. The molecule has 29 heavy (non-hydrogen) atoms. The van der Waals surface area contributed by atoms with E-state index in [1.54, 1.807) is 12.0 Å². The molecule has 0 aromatic heterocycles. The van der Waals surface area contributed by atoms with Gasteiger partial charge in [0.2, 0.25) is 11.8 Å². The van der Waals surface area contributed by atoms with Crippen LogP contribution in [0.1, 0.15) is 43.7 Å². The van der Waals surface area contributed by atoms with E-state index in [2.05, 4.69) is 5.32 Å². The summed E-state index contributed by atoms with van der Waals surface area (Å²) in [4.78, 5) is 29.5. The first-order chi connectivity index (χ1) is 13.5. The lowest BCUT2D eigenvalue weighted by atomic mass is 9.82. The number of amides is 2. The topological polar surface area (TPSA) is 61.9 Å². The van der Waals surface area contributed by atoms with E-state index >= 15 is 0 Å². The number of benzene rings is 1. The Morgan fingerprint density at radius 1 is 1.17 bits per heavy atom. The number of hydrogen-bond acceptors (Lipinski definition) is 4. The second-order valence-electron chi connectivity index (χ2n) is 8.03. The number of piperidine rings is 2. The smallest absolute Gasteiger partial charge is 0.228 e. The Balaban J connectivity index is 0.00000300. The lowest BCUT2D eigenvalue weighted by Gasteiger charge is -2.42. The molecule has 1 aromatic carbocycles. The van der Waals surface area contributed by atoms with Crippen LogP contribution in [0.3, 0.4) is 0 Å². The molecular weight excluding hydrogens is 390 g/mol. The molecule has 0 aliphatic carbocycles. The monoisotopic (exact) mass is 423 g/mol. The number of likely N-dealkylation sites (tertiary alicyclic amines) is 2. The number of halogens is 1. The molecule has 2 heterocycles. The highest BCUT2D eigenvalue weighted by molar-refractivity contribution is 5.85. The maximum Gasteiger partial charge on any atom is 0.228 e. The summed E-state index contributed by atoms with van der Waals surface area (Å²) in [6, 6.07) is 7.54. The number of rotatable bonds is 6. The Morgan fingerprint density at radius 3 is 2.41 bits per heavy atom. The maximum atomic E-state index is 13.4. The van der Waals surface area contributed by atoms with Crippen molar-refractivity contribution in [3.05, 3.63) is 29.8 Å². The molecule has 0 bridgehead atoms. The molecule has 2 fully saturated rings. The van der Waals surface area contributed by atoms with Gasteiger partial charge < -0.3 is 19.9 Å². The summed E-state index contributed by atoms with van der Waals surface area (Å²) in [5.41, 5.74) is 0.999. The highest BCUT2D eigenvalue weighted by atomic mass is 35.5. The van der Waals surface area contributed by atoms with Gasteiger partial charge in [-0.2, -0.15) is 0 Å². The van der Waals surface area contributed by atoms with Gasteiger partial charge in [0.15, 0.2) is 0 Å². The van der Waals surface area contributed by atoms with E-state index < -0.39 is 0 Å². The average molecular weight is 424 g/mol. The van der Waals surface area contributed by atoms with Gasteiger partial charge in [-0.15, -0.1) is 12.4 Å². The molecule has 3 rings (SSSR count). The third-order valence-corrected chi connectivity index (χ3v) is 6.36. The fourth-order valence-electron chi connectivity index (χ4n) is 4.58. The minimum Gasteiger partial charge on any atom is -0.497 e. The number of hydrogen-bond donors (Lipinski definition) is 1. The van der Waals surface area contributed by atoms with Crippen LogP contribution in [0, 0.1) is 11.8 Å². The van der Waals surface area contributed by atoms with E-state index in [0.29, 0.717) is 18.8 Å². The van der Waals surface area contributed by atoms with Crippen molar-refractivity contribution in [1.82, 2.24) is 15.1 Å². The van der Waals surface area contributed by atoms with Crippen molar-refractivity contribution in [2.75, 3.05) is 40.8 Å². The van der Waals surface area contributed by atoms with Gasteiger partial charge in [-0.3, -0.25) is 9.59 Å². The lowest BCUT2D eigenvalue weighted by Crippen LogP contribution is -2.49. The van der Waals surface area contributed by atoms with E-state index in [9.17, 15) is 9.59 Å². The van der Waals surface area contributed by atoms with Crippen molar-refractivity contribution in [3.63, 3.8) is 0 Å². The zero-order valence-corrected chi connectivity index (χ0v) is 18.5. The van der Waals surface area contributed by atoms with Gasteiger partial charge in [0.1, 0.15) is 5.75 Å². The molecule has 2 unspecified atom stereocenters. The van der Waals surface area contributed by atoms with Crippen LogP contribution >= 0.6 is 12.4 Å². The van der Waals surface area contributed by atoms with E-state index in [4.69, 9.17) is 4.74 Å². The van der Waals surface area contributed by atoms with Crippen LogP contribution in [0.2, 0.25) is 0 Å². The zero-order valence-electron chi connectivity index (χ0n) is 17.7. The average Bonchev–Trinajstić information content (AvgIpc) is 2.74. The SMILES string of the molecule is CNCCC1CCN(C(=O)C2CCC(=O)N(C)C2c2ccc(OC)cc2)CC1.Cl. The predicted molar refractivity (Wildman–Crippen MR) is 116 cm³/mol. The molecule has 7 heteroatoms. The van der Waals surface area contributed by atoms with Gasteiger partial charge in [0.25, 0.3) is 0 Å². The van der Waals surface area contributed by atoms with Gasteiger partial charge >= 0.3 is 0 Å². The van der Waals surface area contributed by atoms with Gasteiger partial charge in [0, 0.05) is 26.6 Å². The van der Waals surface area contributed by atoms with E-state index in [0.717, 1.165) is 43.8 Å². The summed E-state index contributed by atoms with van der Waals surface area (Å²) in [6.07, 6.45) is 4.38. The largest absolute Gasteiger partial charge is 0.497 e. The van der Waals surface area contributed by atoms with Crippen LogP contribution in [-0.2, 0) is 9.59 Å². The molecule has 1 aromatic rings. The molecular formula is C22H34ClN3O3.